The summed E-state index contributed by atoms with van der Waals surface area (Å²) in [5.41, 5.74) is -0.0388. The van der Waals surface area contributed by atoms with Crippen LogP contribution in [0, 0.1) is 0 Å². The van der Waals surface area contributed by atoms with E-state index in [-0.39, 0.29) is 16.8 Å². The van der Waals surface area contributed by atoms with E-state index in [0.717, 1.165) is 5.39 Å². The fourth-order valence-corrected chi connectivity index (χ4v) is 1.48. The number of hydrogen-bond acceptors (Lipinski definition) is 2. The minimum absolute atomic E-state index is 0. The number of carboxylic acid groups (broad SMARTS) is 1. The predicted molar refractivity (Wildman–Crippen MR) is 56.2 cm³/mol. The Kier molecular flexibility index (Phi) is 2.92. The molecule has 0 saturated carbocycles. The van der Waals surface area contributed by atoms with Crippen molar-refractivity contribution in [2.24, 2.45) is 0 Å². The highest BCUT2D eigenvalue weighted by atomic mass is 16.4. The number of hydrogen-bond donors (Lipinski definition) is 2. The number of fused-ring (bicyclic) bond motifs is 1. The zero-order chi connectivity index (χ0) is 10.1. The topological polar surface area (TPSA) is 89.0 Å². The molecule has 0 aliphatic heterocycles. The Balaban J connectivity index is 0.00000112. The molecule has 4 nitrogen and oxygen atoms in total. The molecule has 2 rings (SSSR count). The monoisotopic (exact) mass is 206 g/mol. The lowest BCUT2D eigenvalue weighted by Crippen LogP contribution is -1.97. The number of benzene rings is 2. The summed E-state index contributed by atoms with van der Waals surface area (Å²) >= 11 is 0. The van der Waals surface area contributed by atoms with Gasteiger partial charge in [0.05, 0.1) is 0 Å². The molecule has 4 N–H and O–H groups in total. The number of carbonyl (C=O) groups is 1. The molecule has 0 saturated heterocycles. The lowest BCUT2D eigenvalue weighted by atomic mass is 10.0. The Hall–Kier alpha value is -2.07. The number of rotatable bonds is 1. The molecule has 0 aromatic heterocycles. The first-order valence-corrected chi connectivity index (χ1v) is 4.14. The summed E-state index contributed by atoms with van der Waals surface area (Å²) in [6.07, 6.45) is 0. The fraction of sp³-hybridized carbons (Fsp3) is 0. The van der Waals surface area contributed by atoms with Gasteiger partial charge in [0.25, 0.3) is 0 Å². The van der Waals surface area contributed by atoms with E-state index in [1.165, 1.54) is 6.07 Å². The second-order valence-corrected chi connectivity index (χ2v) is 2.99. The van der Waals surface area contributed by atoms with Crippen molar-refractivity contribution in [2.45, 2.75) is 0 Å². The summed E-state index contributed by atoms with van der Waals surface area (Å²) < 4.78 is 0. The Labute approximate surface area is 85.7 Å². The minimum Gasteiger partial charge on any atom is -0.507 e. The normalized spacial score (nSPS) is 9.60. The van der Waals surface area contributed by atoms with Crippen LogP contribution in [0.25, 0.3) is 10.8 Å². The van der Waals surface area contributed by atoms with Gasteiger partial charge in [-0.25, -0.2) is 4.79 Å². The van der Waals surface area contributed by atoms with E-state index in [9.17, 15) is 9.90 Å². The Morgan fingerprint density at radius 3 is 2.40 bits per heavy atom. The average Bonchev–Trinajstić information content (AvgIpc) is 2.17. The van der Waals surface area contributed by atoms with Crippen molar-refractivity contribution >= 4 is 16.7 Å². The van der Waals surface area contributed by atoms with E-state index in [1.807, 2.05) is 6.07 Å². The molecule has 15 heavy (non-hydrogen) atoms. The van der Waals surface area contributed by atoms with Crippen molar-refractivity contribution in [1.29, 1.82) is 0 Å². The van der Waals surface area contributed by atoms with Gasteiger partial charge in [-0.3, -0.25) is 0 Å². The fourth-order valence-electron chi connectivity index (χ4n) is 1.48. The number of aromatic hydroxyl groups is 1. The van der Waals surface area contributed by atoms with Crippen LogP contribution in [0.3, 0.4) is 0 Å². The quantitative estimate of drug-likeness (QED) is 0.739. The van der Waals surface area contributed by atoms with E-state index < -0.39 is 5.97 Å². The third kappa shape index (κ3) is 1.75. The lowest BCUT2D eigenvalue weighted by Gasteiger charge is -2.03. The molecule has 2 aromatic carbocycles. The molecule has 0 spiro atoms. The van der Waals surface area contributed by atoms with Crippen molar-refractivity contribution in [1.82, 2.24) is 0 Å². The van der Waals surface area contributed by atoms with Crippen LogP contribution in [0.5, 0.6) is 5.75 Å². The molecule has 0 radical (unpaired) electrons. The first-order chi connectivity index (χ1) is 6.70. The second kappa shape index (κ2) is 3.98. The van der Waals surface area contributed by atoms with Crippen LogP contribution in [-0.2, 0) is 0 Å². The van der Waals surface area contributed by atoms with Crippen LogP contribution in [0.1, 0.15) is 10.4 Å². The molecule has 0 heterocycles. The molecular formula is C11H10O4. The molecule has 4 heteroatoms. The smallest absolute Gasteiger partial charge is 0.340 e. The van der Waals surface area contributed by atoms with E-state index in [0.29, 0.717) is 5.39 Å². The highest BCUT2D eigenvalue weighted by molar-refractivity contribution is 6.06. The Morgan fingerprint density at radius 2 is 1.73 bits per heavy atom. The SMILES string of the molecule is O.O=C(O)c1c(O)ccc2ccccc12. The van der Waals surface area contributed by atoms with Gasteiger partial charge >= 0.3 is 5.97 Å². The summed E-state index contributed by atoms with van der Waals surface area (Å²) in [7, 11) is 0. The number of phenols is 1. The van der Waals surface area contributed by atoms with Gasteiger partial charge in [-0.15, -0.1) is 0 Å². The molecular weight excluding hydrogens is 196 g/mol. The van der Waals surface area contributed by atoms with Crippen LogP contribution in [0.2, 0.25) is 0 Å². The maximum absolute atomic E-state index is 10.9. The largest absolute Gasteiger partial charge is 0.507 e. The van der Waals surface area contributed by atoms with Crippen molar-refractivity contribution < 1.29 is 20.5 Å². The Morgan fingerprint density at radius 1 is 1.07 bits per heavy atom. The van der Waals surface area contributed by atoms with Gasteiger partial charge in [-0.05, 0) is 16.8 Å². The molecule has 2 aromatic rings. The summed E-state index contributed by atoms with van der Waals surface area (Å²) in [6.45, 7) is 0. The van der Waals surface area contributed by atoms with Gasteiger partial charge in [0.2, 0.25) is 0 Å². The van der Waals surface area contributed by atoms with Crippen molar-refractivity contribution in [3.8, 4) is 5.75 Å². The van der Waals surface area contributed by atoms with Gasteiger partial charge in [-0.1, -0.05) is 30.3 Å². The van der Waals surface area contributed by atoms with E-state index in [2.05, 4.69) is 0 Å². The molecule has 0 amide bonds. The van der Waals surface area contributed by atoms with Crippen molar-refractivity contribution in [3.05, 3.63) is 42.0 Å². The van der Waals surface area contributed by atoms with Crippen LogP contribution >= 0.6 is 0 Å². The van der Waals surface area contributed by atoms with Crippen LogP contribution in [0.15, 0.2) is 36.4 Å². The zero-order valence-corrected chi connectivity index (χ0v) is 7.77. The second-order valence-electron chi connectivity index (χ2n) is 2.99. The maximum Gasteiger partial charge on any atom is 0.340 e. The molecule has 78 valence electrons. The van der Waals surface area contributed by atoms with Crippen LogP contribution < -0.4 is 0 Å². The van der Waals surface area contributed by atoms with Gasteiger partial charge < -0.3 is 15.7 Å². The van der Waals surface area contributed by atoms with Gasteiger partial charge in [-0.2, -0.15) is 0 Å². The molecule has 0 unspecified atom stereocenters. The van der Waals surface area contributed by atoms with E-state index in [1.54, 1.807) is 24.3 Å². The standard InChI is InChI=1S/C11H8O3.H2O/c12-9-6-5-7-3-1-2-4-8(7)10(9)11(13)14;/h1-6,12H,(H,13,14);1H2. The average molecular weight is 206 g/mol. The highest BCUT2D eigenvalue weighted by Gasteiger charge is 2.12. The van der Waals surface area contributed by atoms with Gasteiger partial charge in [0, 0.05) is 0 Å². The van der Waals surface area contributed by atoms with Crippen molar-refractivity contribution in [2.75, 3.05) is 0 Å². The first-order valence-electron chi connectivity index (χ1n) is 4.14. The first kappa shape index (κ1) is 11.0. The summed E-state index contributed by atoms with van der Waals surface area (Å²) in [5.74, 6) is -1.31. The van der Waals surface area contributed by atoms with E-state index in [4.69, 9.17) is 5.11 Å². The van der Waals surface area contributed by atoms with Crippen LogP contribution in [-0.4, -0.2) is 21.7 Å². The number of carboxylic acids is 1. The third-order valence-corrected chi connectivity index (χ3v) is 2.12. The van der Waals surface area contributed by atoms with Gasteiger partial charge in [0.15, 0.2) is 0 Å². The molecule has 0 aliphatic carbocycles. The van der Waals surface area contributed by atoms with Crippen LogP contribution in [0.4, 0.5) is 0 Å². The summed E-state index contributed by atoms with van der Waals surface area (Å²) in [6, 6.07) is 10.1. The summed E-state index contributed by atoms with van der Waals surface area (Å²) in [5, 5.41) is 19.7. The van der Waals surface area contributed by atoms with E-state index >= 15 is 0 Å². The molecule has 0 bridgehead atoms. The molecule has 0 atom stereocenters. The maximum atomic E-state index is 10.9. The van der Waals surface area contributed by atoms with Gasteiger partial charge in [0.1, 0.15) is 11.3 Å². The zero-order valence-electron chi connectivity index (χ0n) is 7.77. The lowest BCUT2D eigenvalue weighted by molar-refractivity contribution is 0.0696. The third-order valence-electron chi connectivity index (χ3n) is 2.12. The Bertz CT molecular complexity index is 505. The highest BCUT2D eigenvalue weighted by Crippen LogP contribution is 2.26. The molecule has 0 aliphatic rings. The molecule has 0 fully saturated rings. The van der Waals surface area contributed by atoms with Crippen molar-refractivity contribution in [3.63, 3.8) is 0 Å². The minimum atomic E-state index is -1.11. The summed E-state index contributed by atoms with van der Waals surface area (Å²) in [4.78, 5) is 10.9. The number of aromatic carboxylic acids is 1. The predicted octanol–water partition coefficient (Wildman–Crippen LogP) is 1.42.